The van der Waals surface area contributed by atoms with Gasteiger partial charge >= 0.3 is 17.9 Å². The van der Waals surface area contributed by atoms with Gasteiger partial charge in [0.05, 0.1) is 0 Å². The quantitative estimate of drug-likeness (QED) is 0.0261. The molecule has 0 aromatic rings. The molecule has 0 aliphatic heterocycles. The maximum absolute atomic E-state index is 12.9. The third-order valence-corrected chi connectivity index (χ3v) is 13.4. The van der Waals surface area contributed by atoms with Gasteiger partial charge in [0.1, 0.15) is 13.2 Å². The predicted octanol–water partition coefficient (Wildman–Crippen LogP) is 20.9. The van der Waals surface area contributed by atoms with Crippen molar-refractivity contribution in [3.8, 4) is 0 Å². The van der Waals surface area contributed by atoms with Gasteiger partial charge in [0.15, 0.2) is 6.10 Å². The Balaban J connectivity index is 4.34. The fourth-order valence-electron chi connectivity index (χ4n) is 8.83. The number of esters is 3. The minimum Gasteiger partial charge on any atom is -0.462 e. The van der Waals surface area contributed by atoms with E-state index in [-0.39, 0.29) is 31.1 Å². The van der Waals surface area contributed by atoms with Gasteiger partial charge in [-0.25, -0.2) is 0 Å². The van der Waals surface area contributed by atoms with Crippen LogP contribution in [0.3, 0.4) is 0 Å². The second-order valence-electron chi connectivity index (χ2n) is 20.6. The third-order valence-electron chi connectivity index (χ3n) is 13.4. The molecule has 0 rings (SSSR count). The average molecular weight is 1010 g/mol. The summed E-state index contributed by atoms with van der Waals surface area (Å²) in [6.45, 7) is 6.48. The largest absolute Gasteiger partial charge is 0.462 e. The van der Waals surface area contributed by atoms with Gasteiger partial charge in [0.2, 0.25) is 0 Å². The Kier molecular flexibility index (Phi) is 57.8. The average Bonchev–Trinajstić information content (AvgIpc) is 3.38. The molecule has 0 saturated heterocycles. The minimum atomic E-state index is -0.784. The number of allylic oxidation sites excluding steroid dienone is 12. The molecule has 0 aromatic heterocycles. The first-order chi connectivity index (χ1) is 35.5. The molecule has 0 saturated carbocycles. The summed E-state index contributed by atoms with van der Waals surface area (Å²) >= 11 is 0. The van der Waals surface area contributed by atoms with Crippen molar-refractivity contribution in [3.05, 3.63) is 72.9 Å². The highest BCUT2D eigenvalue weighted by Gasteiger charge is 2.19. The first-order valence-electron chi connectivity index (χ1n) is 30.9. The molecule has 1 unspecified atom stereocenters. The van der Waals surface area contributed by atoms with Crippen LogP contribution >= 0.6 is 0 Å². The minimum absolute atomic E-state index is 0.0819. The Morgan fingerprint density at radius 2 is 0.569 bits per heavy atom. The smallest absolute Gasteiger partial charge is 0.306 e. The lowest BCUT2D eigenvalue weighted by molar-refractivity contribution is -0.167. The number of carbonyl (C=O) groups is 3. The predicted molar refractivity (Wildman–Crippen MR) is 311 cm³/mol. The van der Waals surface area contributed by atoms with Crippen molar-refractivity contribution < 1.29 is 28.6 Å². The molecule has 0 bridgehead atoms. The molecule has 6 heteroatoms. The first kappa shape index (κ1) is 68.8. The molecule has 0 amide bonds. The van der Waals surface area contributed by atoms with Crippen LogP contribution in [0.15, 0.2) is 72.9 Å². The fraction of sp³-hybridized carbons (Fsp3) is 0.773. The second-order valence-corrected chi connectivity index (χ2v) is 20.6. The summed E-state index contributed by atoms with van der Waals surface area (Å²) in [4.78, 5) is 38.3. The molecule has 6 nitrogen and oxygen atoms in total. The standard InChI is InChI=1S/C66H116O6/c1-4-7-10-13-16-19-22-25-27-29-31-33-35-36-38-41-44-47-50-53-56-59-65(68)71-62-63(61-70-64(67)58-55-52-49-46-43-40-24-21-18-15-12-9-6-3)72-66(69)60-57-54-51-48-45-42-39-37-34-32-30-28-26-23-20-17-14-11-8-5-2/h7,10,12,15-16,19,21,24-25,27,31,33,63H,4-6,8-9,11,13-14,17-18,20,22-23,26,28-30,32,34-62H2,1-3H3/b10-7-,15-12-,19-16-,24-21-,27-25-,33-31-. The zero-order valence-corrected chi connectivity index (χ0v) is 47.7. The summed E-state index contributed by atoms with van der Waals surface area (Å²) in [5.41, 5.74) is 0. The van der Waals surface area contributed by atoms with Crippen molar-refractivity contribution in [2.75, 3.05) is 13.2 Å². The molecule has 416 valence electrons. The Morgan fingerprint density at radius 3 is 0.903 bits per heavy atom. The lowest BCUT2D eigenvalue weighted by atomic mass is 10.0. The zero-order valence-electron chi connectivity index (χ0n) is 47.7. The summed E-state index contributed by atoms with van der Waals surface area (Å²) in [7, 11) is 0. The van der Waals surface area contributed by atoms with Crippen LogP contribution in [0.25, 0.3) is 0 Å². The van der Waals surface area contributed by atoms with Crippen LogP contribution in [-0.2, 0) is 28.6 Å². The monoisotopic (exact) mass is 1000 g/mol. The van der Waals surface area contributed by atoms with E-state index in [0.717, 1.165) is 116 Å². The lowest BCUT2D eigenvalue weighted by Gasteiger charge is -2.18. The van der Waals surface area contributed by atoms with E-state index in [2.05, 4.69) is 93.7 Å². The van der Waals surface area contributed by atoms with Gasteiger partial charge in [-0.2, -0.15) is 0 Å². The number of hydrogen-bond donors (Lipinski definition) is 0. The zero-order chi connectivity index (χ0) is 52.2. The number of hydrogen-bond acceptors (Lipinski definition) is 6. The molecule has 0 aliphatic carbocycles. The number of rotatable bonds is 56. The van der Waals surface area contributed by atoms with Crippen LogP contribution in [0.5, 0.6) is 0 Å². The molecule has 72 heavy (non-hydrogen) atoms. The Hall–Kier alpha value is -3.15. The Labute approximate surface area is 446 Å². The Morgan fingerprint density at radius 1 is 0.292 bits per heavy atom. The number of ether oxygens (including phenoxy) is 3. The van der Waals surface area contributed by atoms with Gasteiger partial charge in [0.25, 0.3) is 0 Å². The number of carbonyl (C=O) groups excluding carboxylic acids is 3. The molecule has 0 radical (unpaired) electrons. The molecule has 0 aliphatic rings. The highest BCUT2D eigenvalue weighted by atomic mass is 16.6. The van der Waals surface area contributed by atoms with Gasteiger partial charge in [0, 0.05) is 19.3 Å². The maximum atomic E-state index is 12.9. The molecule has 0 N–H and O–H groups in total. The van der Waals surface area contributed by atoms with E-state index in [1.165, 1.54) is 154 Å². The third kappa shape index (κ3) is 57.7. The first-order valence-corrected chi connectivity index (χ1v) is 30.9. The van der Waals surface area contributed by atoms with Crippen molar-refractivity contribution in [3.63, 3.8) is 0 Å². The Bertz CT molecular complexity index is 1340. The van der Waals surface area contributed by atoms with Crippen LogP contribution < -0.4 is 0 Å². The van der Waals surface area contributed by atoms with Crippen molar-refractivity contribution in [1.29, 1.82) is 0 Å². The molecular formula is C66H116O6. The van der Waals surface area contributed by atoms with Crippen LogP contribution in [0.4, 0.5) is 0 Å². The van der Waals surface area contributed by atoms with E-state index < -0.39 is 6.10 Å². The topological polar surface area (TPSA) is 78.9 Å². The highest BCUT2D eigenvalue weighted by Crippen LogP contribution is 2.17. The van der Waals surface area contributed by atoms with Crippen LogP contribution in [0, 0.1) is 0 Å². The lowest BCUT2D eigenvalue weighted by Crippen LogP contribution is -2.30. The molecule has 0 heterocycles. The molecule has 0 fully saturated rings. The summed E-state index contributed by atoms with van der Waals surface area (Å²) in [5, 5.41) is 0. The summed E-state index contributed by atoms with van der Waals surface area (Å²) in [5.74, 6) is -0.889. The van der Waals surface area contributed by atoms with Gasteiger partial charge < -0.3 is 14.2 Å². The number of unbranched alkanes of at least 4 members (excludes halogenated alkanes) is 33. The van der Waals surface area contributed by atoms with Gasteiger partial charge in [-0.05, 0) is 83.5 Å². The van der Waals surface area contributed by atoms with Crippen molar-refractivity contribution >= 4 is 17.9 Å². The van der Waals surface area contributed by atoms with E-state index in [0.29, 0.717) is 19.3 Å². The normalized spacial score (nSPS) is 12.5. The van der Waals surface area contributed by atoms with Crippen LogP contribution in [0.2, 0.25) is 0 Å². The van der Waals surface area contributed by atoms with Gasteiger partial charge in [-0.1, -0.05) is 280 Å². The van der Waals surface area contributed by atoms with Crippen molar-refractivity contribution in [2.24, 2.45) is 0 Å². The van der Waals surface area contributed by atoms with Crippen molar-refractivity contribution in [1.82, 2.24) is 0 Å². The molecule has 0 aromatic carbocycles. The summed E-state index contributed by atoms with van der Waals surface area (Å²) in [6, 6.07) is 0. The SMILES string of the molecule is CC/C=C\C/C=C\C/C=C\C/C=C\CCCCCCCCCCC(=O)OCC(COC(=O)CCCCCCC/C=C\C/C=C\CCC)OC(=O)CCCCCCCCCCCCCCCCCCCCCC. The second kappa shape index (κ2) is 60.4. The highest BCUT2D eigenvalue weighted by molar-refractivity contribution is 5.71. The summed E-state index contributed by atoms with van der Waals surface area (Å²) < 4.78 is 16.9. The van der Waals surface area contributed by atoms with E-state index in [4.69, 9.17) is 14.2 Å². The van der Waals surface area contributed by atoms with Crippen LogP contribution in [-0.4, -0.2) is 37.2 Å². The molecule has 1 atom stereocenters. The fourth-order valence-corrected chi connectivity index (χ4v) is 8.83. The maximum Gasteiger partial charge on any atom is 0.306 e. The van der Waals surface area contributed by atoms with Gasteiger partial charge in [-0.3, -0.25) is 14.4 Å². The summed E-state index contributed by atoms with van der Waals surface area (Å²) in [6.07, 6.45) is 77.6. The van der Waals surface area contributed by atoms with E-state index in [1.54, 1.807) is 0 Å². The van der Waals surface area contributed by atoms with E-state index >= 15 is 0 Å². The van der Waals surface area contributed by atoms with Gasteiger partial charge in [-0.15, -0.1) is 0 Å². The van der Waals surface area contributed by atoms with E-state index in [9.17, 15) is 14.4 Å². The van der Waals surface area contributed by atoms with Crippen molar-refractivity contribution in [2.45, 2.75) is 316 Å². The van der Waals surface area contributed by atoms with Crippen LogP contribution in [0.1, 0.15) is 310 Å². The molecule has 0 spiro atoms. The molecular weight excluding hydrogens is 889 g/mol. The van der Waals surface area contributed by atoms with E-state index in [1.807, 2.05) is 0 Å².